The van der Waals surface area contributed by atoms with Gasteiger partial charge in [-0.25, -0.2) is 4.79 Å². The Labute approximate surface area is 209 Å². The zero-order valence-electron chi connectivity index (χ0n) is 21.2. The molecular formula is C30H39N3O2. The molecule has 186 valence electrons. The number of amides is 2. The lowest BCUT2D eigenvalue weighted by atomic mass is 9.67. The zero-order valence-corrected chi connectivity index (χ0v) is 21.2. The van der Waals surface area contributed by atoms with E-state index in [0.29, 0.717) is 6.54 Å². The Morgan fingerprint density at radius 2 is 1.37 bits per heavy atom. The van der Waals surface area contributed by atoms with E-state index >= 15 is 0 Å². The van der Waals surface area contributed by atoms with Crippen molar-refractivity contribution in [3.05, 3.63) is 71.8 Å². The Kier molecular flexibility index (Phi) is 5.32. The molecule has 0 aromatic heterocycles. The van der Waals surface area contributed by atoms with E-state index < -0.39 is 5.60 Å². The molecule has 35 heavy (non-hydrogen) atoms. The fourth-order valence-corrected chi connectivity index (χ4v) is 7.28. The highest BCUT2D eigenvalue weighted by atomic mass is 16.3. The summed E-state index contributed by atoms with van der Waals surface area (Å²) in [4.78, 5) is 20.9. The van der Waals surface area contributed by atoms with Crippen LogP contribution in [0.2, 0.25) is 0 Å². The molecule has 5 heteroatoms. The minimum atomic E-state index is -0.711. The summed E-state index contributed by atoms with van der Waals surface area (Å²) in [6.45, 7) is 1.25. The molecule has 2 aromatic rings. The van der Waals surface area contributed by atoms with Crippen molar-refractivity contribution >= 4 is 6.03 Å². The molecule has 4 aliphatic rings. The summed E-state index contributed by atoms with van der Waals surface area (Å²) in [5.74, 6) is 0. The monoisotopic (exact) mass is 473 g/mol. The predicted octanol–water partition coefficient (Wildman–Crippen LogP) is 5.10. The number of rotatable bonds is 6. The number of nitrogens with zero attached hydrogens (tertiary/aromatic N) is 3. The summed E-state index contributed by atoms with van der Waals surface area (Å²) in [6, 6.07) is 21.6. The van der Waals surface area contributed by atoms with Crippen LogP contribution in [0, 0.1) is 0 Å². The van der Waals surface area contributed by atoms with Gasteiger partial charge in [0.25, 0.3) is 0 Å². The molecule has 1 aliphatic heterocycles. The molecule has 5 nitrogen and oxygen atoms in total. The first-order chi connectivity index (χ1) is 16.8. The van der Waals surface area contributed by atoms with Gasteiger partial charge >= 0.3 is 6.03 Å². The van der Waals surface area contributed by atoms with Crippen molar-refractivity contribution in [1.82, 2.24) is 14.7 Å². The lowest BCUT2D eigenvalue weighted by molar-refractivity contribution is -0.0725. The molecule has 2 aromatic carbocycles. The van der Waals surface area contributed by atoms with Crippen molar-refractivity contribution in [2.75, 3.05) is 27.2 Å². The van der Waals surface area contributed by atoms with Crippen LogP contribution < -0.4 is 0 Å². The van der Waals surface area contributed by atoms with Crippen molar-refractivity contribution in [2.24, 2.45) is 0 Å². The smallest absolute Gasteiger partial charge is 0.321 e. The van der Waals surface area contributed by atoms with Crippen molar-refractivity contribution in [3.63, 3.8) is 0 Å². The van der Waals surface area contributed by atoms with Crippen LogP contribution in [0.1, 0.15) is 68.9 Å². The highest BCUT2D eigenvalue weighted by Gasteiger charge is 2.63. The molecule has 0 atom stereocenters. The largest absolute Gasteiger partial charge is 0.388 e. The molecule has 3 saturated carbocycles. The maximum absolute atomic E-state index is 14.2. The predicted molar refractivity (Wildman–Crippen MR) is 138 cm³/mol. The van der Waals surface area contributed by atoms with Crippen molar-refractivity contribution in [2.45, 2.75) is 80.0 Å². The molecule has 4 fully saturated rings. The molecular weight excluding hydrogens is 434 g/mol. The van der Waals surface area contributed by atoms with Crippen molar-refractivity contribution in [3.8, 4) is 0 Å². The quantitative estimate of drug-likeness (QED) is 0.635. The van der Waals surface area contributed by atoms with E-state index in [1.54, 1.807) is 0 Å². The number of benzene rings is 2. The topological polar surface area (TPSA) is 47.0 Å². The Hall–Kier alpha value is -2.37. The van der Waals surface area contributed by atoms with Crippen LogP contribution >= 0.6 is 0 Å². The highest BCUT2D eigenvalue weighted by Crippen LogP contribution is 2.57. The summed E-state index contributed by atoms with van der Waals surface area (Å²) < 4.78 is 0. The Bertz CT molecular complexity index is 1070. The average Bonchev–Trinajstić information content (AvgIpc) is 3.63. The first-order valence-electron chi connectivity index (χ1n) is 13.4. The summed E-state index contributed by atoms with van der Waals surface area (Å²) in [5, 5.41) is 11.2. The number of aliphatic hydroxyl groups is 1. The zero-order chi connectivity index (χ0) is 24.3. The fourth-order valence-electron chi connectivity index (χ4n) is 7.28. The van der Waals surface area contributed by atoms with Gasteiger partial charge < -0.3 is 14.9 Å². The van der Waals surface area contributed by atoms with Crippen molar-refractivity contribution in [1.29, 1.82) is 0 Å². The first-order valence-corrected chi connectivity index (χ1v) is 13.4. The Balaban J connectivity index is 1.33. The number of β-amino-alcohol motifs (C(OH)–C–C–N with tert-alkyl or cyclic N) is 1. The molecule has 6 rings (SSSR count). The third kappa shape index (κ3) is 3.54. The van der Waals surface area contributed by atoms with Gasteiger partial charge in [0, 0.05) is 12.1 Å². The van der Waals surface area contributed by atoms with Crippen LogP contribution in [0.5, 0.6) is 0 Å². The second kappa shape index (κ2) is 8.07. The fraction of sp³-hybridized carbons (Fsp3) is 0.567. The van der Waals surface area contributed by atoms with Gasteiger partial charge in [0.1, 0.15) is 0 Å². The summed E-state index contributed by atoms with van der Waals surface area (Å²) in [6.07, 6.45) is 8.68. The molecule has 0 unspecified atom stereocenters. The second-order valence-corrected chi connectivity index (χ2v) is 11.9. The average molecular weight is 474 g/mol. The van der Waals surface area contributed by atoms with Crippen LogP contribution in [0.25, 0.3) is 0 Å². The minimum absolute atomic E-state index is 0.0152. The van der Waals surface area contributed by atoms with Gasteiger partial charge in [-0.05, 0) is 83.0 Å². The van der Waals surface area contributed by atoms with Crippen molar-refractivity contribution < 1.29 is 9.90 Å². The van der Waals surface area contributed by atoms with Gasteiger partial charge in [0.05, 0.1) is 23.2 Å². The SMILES string of the molecule is CN(C)[C@]1(c2ccccc2)CC[C@@]2(CC1)CN(C1(c3ccccc3)CC1)C(=O)N2CC1(O)CCC1. The minimum Gasteiger partial charge on any atom is -0.388 e. The number of hydrogen-bond acceptors (Lipinski definition) is 3. The van der Waals surface area contributed by atoms with Crippen LogP contribution in [0.15, 0.2) is 60.7 Å². The van der Waals surface area contributed by atoms with Crippen LogP contribution in [-0.4, -0.2) is 64.2 Å². The highest BCUT2D eigenvalue weighted by molar-refractivity contribution is 5.80. The van der Waals surface area contributed by atoms with Gasteiger partial charge in [-0.1, -0.05) is 60.7 Å². The van der Waals surface area contributed by atoms with E-state index in [-0.39, 0.29) is 22.6 Å². The van der Waals surface area contributed by atoms with Gasteiger partial charge in [-0.2, -0.15) is 0 Å². The molecule has 1 saturated heterocycles. The molecule has 0 bridgehead atoms. The molecule has 3 aliphatic carbocycles. The Morgan fingerprint density at radius 1 is 0.800 bits per heavy atom. The van der Waals surface area contributed by atoms with E-state index in [2.05, 4.69) is 89.5 Å². The number of urea groups is 1. The van der Waals surface area contributed by atoms with E-state index in [4.69, 9.17) is 0 Å². The lowest BCUT2D eigenvalue weighted by Crippen LogP contribution is -2.59. The summed E-state index contributed by atoms with van der Waals surface area (Å²) in [7, 11) is 4.39. The van der Waals surface area contributed by atoms with Gasteiger partial charge in [-0.15, -0.1) is 0 Å². The summed E-state index contributed by atoms with van der Waals surface area (Å²) in [5.41, 5.74) is 1.53. The Morgan fingerprint density at radius 3 is 1.86 bits per heavy atom. The maximum Gasteiger partial charge on any atom is 0.321 e. The third-order valence-corrected chi connectivity index (χ3v) is 9.95. The molecule has 1 N–H and O–H groups in total. The van der Waals surface area contributed by atoms with E-state index in [0.717, 1.165) is 64.3 Å². The lowest BCUT2D eigenvalue weighted by Gasteiger charge is -2.52. The van der Waals surface area contributed by atoms with Gasteiger partial charge in [-0.3, -0.25) is 4.90 Å². The molecule has 2 amide bonds. The normalized spacial score (nSPS) is 31.1. The third-order valence-electron chi connectivity index (χ3n) is 9.95. The van der Waals surface area contributed by atoms with Gasteiger partial charge in [0.15, 0.2) is 0 Å². The number of hydrogen-bond donors (Lipinski definition) is 1. The molecule has 0 radical (unpaired) electrons. The standard InChI is InChI=1S/C30H39N3O2/c1-31(2)29(24-10-5-3-6-11-24)18-16-27(17-19-29)22-33(26(34)32(27)23-28(35)14-9-15-28)30(20-21-30)25-12-7-4-8-13-25/h3-8,10-13,35H,9,14-23H2,1-2H3/t27-,29-. The first kappa shape index (κ1) is 23.1. The van der Waals surface area contributed by atoms with E-state index in [9.17, 15) is 9.90 Å². The summed E-state index contributed by atoms with van der Waals surface area (Å²) >= 11 is 0. The van der Waals surface area contributed by atoms with Crippen LogP contribution in [-0.2, 0) is 11.1 Å². The molecule has 1 spiro atoms. The van der Waals surface area contributed by atoms with Gasteiger partial charge in [0.2, 0.25) is 0 Å². The second-order valence-electron chi connectivity index (χ2n) is 11.9. The maximum atomic E-state index is 14.2. The van der Waals surface area contributed by atoms with E-state index in [1.807, 2.05) is 0 Å². The van der Waals surface area contributed by atoms with Crippen LogP contribution in [0.4, 0.5) is 4.79 Å². The molecule has 1 heterocycles. The van der Waals surface area contributed by atoms with Crippen LogP contribution in [0.3, 0.4) is 0 Å². The number of carbonyl (C=O) groups excluding carboxylic acids is 1. The number of carbonyl (C=O) groups is 1. The van der Waals surface area contributed by atoms with E-state index in [1.165, 1.54) is 11.1 Å².